The Kier molecular flexibility index (Phi) is 7.26. The largest absolute Gasteiger partial charge is 0.522 e. The Morgan fingerprint density at radius 3 is 1.96 bits per heavy atom. The Balaban J connectivity index is 1.41. The minimum absolute atomic E-state index is 0.198. The summed E-state index contributed by atoms with van der Waals surface area (Å²) in [6, 6.07) is 0. The van der Waals surface area contributed by atoms with E-state index in [0.717, 1.165) is 25.2 Å². The minimum Gasteiger partial charge on any atom is -0.462 e. The lowest BCUT2D eigenvalue weighted by Gasteiger charge is -2.38. The number of carbonyl (C=O) groups is 1. The molecule has 0 bridgehead atoms. The number of rotatable bonds is 4. The van der Waals surface area contributed by atoms with Crippen molar-refractivity contribution in [3.8, 4) is 0 Å². The molecular weight excluding hydrogens is 376 g/mol. The molecule has 3 aliphatic rings. The highest BCUT2D eigenvalue weighted by molar-refractivity contribution is 5.73. The maximum Gasteiger partial charge on any atom is 0.522 e. The highest BCUT2D eigenvalue weighted by Crippen LogP contribution is 2.42. The molecule has 0 saturated heterocycles. The van der Waals surface area contributed by atoms with Crippen LogP contribution in [0.3, 0.4) is 0 Å². The van der Waals surface area contributed by atoms with E-state index in [1.165, 1.54) is 12.8 Å². The monoisotopic (exact) mass is 408 g/mol. The van der Waals surface area contributed by atoms with Gasteiger partial charge in [-0.2, -0.15) is 0 Å². The highest BCUT2D eigenvalue weighted by Gasteiger charge is 2.41. The van der Waals surface area contributed by atoms with Gasteiger partial charge >= 0.3 is 12.3 Å². The van der Waals surface area contributed by atoms with Crippen molar-refractivity contribution < 1.29 is 31.8 Å². The van der Waals surface area contributed by atoms with E-state index >= 15 is 0 Å². The van der Waals surface area contributed by atoms with Crippen molar-refractivity contribution in [1.82, 2.24) is 0 Å². The van der Waals surface area contributed by atoms with Crippen molar-refractivity contribution in [3.63, 3.8) is 0 Å². The number of hydrogen-bond donors (Lipinski definition) is 0. The minimum atomic E-state index is -4.63. The van der Waals surface area contributed by atoms with Gasteiger partial charge in [-0.3, -0.25) is 9.53 Å². The summed E-state index contributed by atoms with van der Waals surface area (Å²) in [5, 5.41) is 0. The van der Waals surface area contributed by atoms with Crippen molar-refractivity contribution in [3.05, 3.63) is 0 Å². The smallest absolute Gasteiger partial charge is 0.462 e. The second-order valence-electron chi connectivity index (χ2n) is 9.11. The zero-order chi connectivity index (χ0) is 20.3. The molecule has 3 atom stereocenters. The average molecular weight is 408 g/mol. The van der Waals surface area contributed by atoms with Crippen LogP contribution in [0.5, 0.6) is 0 Å². The molecule has 3 rings (SSSR count). The van der Waals surface area contributed by atoms with Crippen LogP contribution >= 0.6 is 0 Å². The first-order valence-electron chi connectivity index (χ1n) is 10.8. The Hall–Kier alpha value is -0.850. The fourth-order valence-corrected chi connectivity index (χ4v) is 5.31. The van der Waals surface area contributed by atoms with Crippen molar-refractivity contribution in [2.45, 2.75) is 102 Å². The number of hydrogen-bond acceptors (Lipinski definition) is 3. The molecule has 0 radical (unpaired) electrons. The Labute approximate surface area is 164 Å². The van der Waals surface area contributed by atoms with E-state index in [0.29, 0.717) is 37.5 Å². The summed E-state index contributed by atoms with van der Waals surface area (Å²) in [5.41, 5.74) is 0. The highest BCUT2D eigenvalue weighted by atomic mass is 19.4. The molecule has 0 aliphatic heterocycles. The van der Waals surface area contributed by atoms with Gasteiger partial charge in [0.25, 0.3) is 0 Å². The first-order valence-corrected chi connectivity index (χ1v) is 10.8. The van der Waals surface area contributed by atoms with E-state index in [4.69, 9.17) is 4.74 Å². The topological polar surface area (TPSA) is 35.5 Å². The first-order chi connectivity index (χ1) is 13.2. The van der Waals surface area contributed by atoms with Gasteiger partial charge in [0.15, 0.2) is 0 Å². The second kappa shape index (κ2) is 9.31. The first kappa shape index (κ1) is 21.8. The zero-order valence-corrected chi connectivity index (χ0v) is 16.6. The quantitative estimate of drug-likeness (QED) is 0.425. The number of halogens is 4. The molecule has 0 aromatic carbocycles. The summed E-state index contributed by atoms with van der Waals surface area (Å²) in [4.78, 5) is 12.4. The van der Waals surface area contributed by atoms with E-state index in [1.54, 1.807) is 0 Å². The molecular formula is C21H32F4O3. The molecule has 3 nitrogen and oxygen atoms in total. The van der Waals surface area contributed by atoms with Gasteiger partial charge in [-0.1, -0.05) is 19.8 Å². The maximum atomic E-state index is 14.7. The molecule has 0 heterocycles. The fraction of sp³-hybridized carbons (Fsp3) is 0.952. The third kappa shape index (κ3) is 6.07. The Morgan fingerprint density at radius 2 is 1.39 bits per heavy atom. The predicted molar refractivity (Wildman–Crippen MR) is 96.1 cm³/mol. The summed E-state index contributed by atoms with van der Waals surface area (Å²) >= 11 is 0. The van der Waals surface area contributed by atoms with Crippen LogP contribution in [-0.4, -0.2) is 30.7 Å². The van der Waals surface area contributed by atoms with Gasteiger partial charge in [0, 0.05) is 0 Å². The number of esters is 1. The van der Waals surface area contributed by atoms with Gasteiger partial charge in [-0.05, 0) is 75.5 Å². The molecule has 0 amide bonds. The second-order valence-corrected chi connectivity index (χ2v) is 9.11. The van der Waals surface area contributed by atoms with Crippen LogP contribution in [0.2, 0.25) is 0 Å². The summed E-state index contributed by atoms with van der Waals surface area (Å²) in [5.74, 6) is 0.475. The molecule has 0 aromatic rings. The summed E-state index contributed by atoms with van der Waals surface area (Å²) in [7, 11) is 0. The molecule has 7 heteroatoms. The number of ether oxygens (including phenoxy) is 2. The van der Waals surface area contributed by atoms with Crippen LogP contribution < -0.4 is 0 Å². The van der Waals surface area contributed by atoms with Crippen molar-refractivity contribution in [2.24, 2.45) is 23.7 Å². The molecule has 3 saturated carbocycles. The molecule has 28 heavy (non-hydrogen) atoms. The normalized spacial score (nSPS) is 40.1. The molecule has 3 aliphatic carbocycles. The van der Waals surface area contributed by atoms with Gasteiger partial charge in [0.05, 0.1) is 12.0 Å². The van der Waals surface area contributed by atoms with Gasteiger partial charge in [0.1, 0.15) is 12.3 Å². The van der Waals surface area contributed by atoms with Crippen LogP contribution in [0.4, 0.5) is 17.6 Å². The lowest BCUT2D eigenvalue weighted by Crippen LogP contribution is -2.38. The zero-order valence-electron chi connectivity index (χ0n) is 16.6. The van der Waals surface area contributed by atoms with Crippen LogP contribution in [0.1, 0.15) is 77.6 Å². The Bertz CT molecular complexity index is 508. The SMILES string of the molecule is CC1CCC([C@@H]2CCC(C(=O)OC3CCC(OC(F)(F)F)CC3)C(F)C2)CC1. The third-order valence-corrected chi connectivity index (χ3v) is 7.05. The molecule has 0 aromatic heterocycles. The van der Waals surface area contributed by atoms with E-state index in [-0.39, 0.29) is 12.8 Å². The molecule has 0 spiro atoms. The molecule has 2 unspecified atom stereocenters. The van der Waals surface area contributed by atoms with Crippen molar-refractivity contribution in [2.75, 3.05) is 0 Å². The van der Waals surface area contributed by atoms with Gasteiger partial charge in [-0.15, -0.1) is 13.2 Å². The van der Waals surface area contributed by atoms with Crippen molar-refractivity contribution in [1.29, 1.82) is 0 Å². The standard InChI is InChI=1S/C21H32F4O3/c1-13-2-4-14(5-3-13)15-6-11-18(19(22)12-15)20(26)27-16-7-9-17(10-8-16)28-21(23,24)25/h13-19H,2-12H2,1H3/t13?,14?,15-,16?,17?,18?,19?/m1/s1. The van der Waals surface area contributed by atoms with Crippen LogP contribution in [0, 0.1) is 23.7 Å². The van der Waals surface area contributed by atoms with Crippen molar-refractivity contribution >= 4 is 5.97 Å². The average Bonchev–Trinajstić information content (AvgIpc) is 2.62. The fourth-order valence-electron chi connectivity index (χ4n) is 5.31. The van der Waals surface area contributed by atoms with Gasteiger partial charge in [-0.25, -0.2) is 4.39 Å². The van der Waals surface area contributed by atoms with Crippen LogP contribution in [0.25, 0.3) is 0 Å². The number of alkyl halides is 4. The van der Waals surface area contributed by atoms with E-state index in [9.17, 15) is 22.4 Å². The maximum absolute atomic E-state index is 14.7. The Morgan fingerprint density at radius 1 is 0.821 bits per heavy atom. The number of carbonyl (C=O) groups excluding carboxylic acids is 1. The molecule has 3 fully saturated rings. The van der Waals surface area contributed by atoms with Crippen LogP contribution in [0.15, 0.2) is 0 Å². The van der Waals surface area contributed by atoms with Crippen LogP contribution in [-0.2, 0) is 14.3 Å². The van der Waals surface area contributed by atoms with E-state index in [2.05, 4.69) is 11.7 Å². The lowest BCUT2D eigenvalue weighted by atomic mass is 9.69. The molecule has 162 valence electrons. The summed E-state index contributed by atoms with van der Waals surface area (Å²) in [6.45, 7) is 2.27. The van der Waals surface area contributed by atoms with Gasteiger partial charge < -0.3 is 4.74 Å². The third-order valence-electron chi connectivity index (χ3n) is 7.05. The predicted octanol–water partition coefficient (Wildman–Crippen LogP) is 5.96. The summed E-state index contributed by atoms with van der Waals surface area (Å²) in [6.07, 6.45) is 0.524. The molecule has 0 N–H and O–H groups in total. The van der Waals surface area contributed by atoms with Gasteiger partial charge in [0.2, 0.25) is 0 Å². The van der Waals surface area contributed by atoms with E-state index in [1.807, 2.05) is 0 Å². The lowest BCUT2D eigenvalue weighted by molar-refractivity contribution is -0.346. The van der Waals surface area contributed by atoms with E-state index < -0.39 is 36.6 Å². The summed E-state index contributed by atoms with van der Waals surface area (Å²) < 4.78 is 61.0.